The smallest absolute Gasteiger partial charge is 0.241 e. The van der Waals surface area contributed by atoms with Crippen LogP contribution in [0.2, 0.25) is 0 Å². The Bertz CT molecular complexity index is 4490. The lowest BCUT2D eigenvalue weighted by atomic mass is 9.37. The van der Waals surface area contributed by atoms with E-state index >= 15 is 0 Å². The molecule has 1 aromatic heterocycles. The number of rotatable bonds is 9. The molecule has 0 bridgehead atoms. The summed E-state index contributed by atoms with van der Waals surface area (Å²) in [4.78, 5) is 2.34. The average Bonchev–Trinajstić information content (AvgIpc) is 3.95. The summed E-state index contributed by atoms with van der Waals surface area (Å²) in [5.74, 6) is 1.72. The molecule has 0 amide bonds. The number of anilines is 3. The summed E-state index contributed by atoms with van der Waals surface area (Å²) in [6.45, 7) is 0.136. The summed E-state index contributed by atoms with van der Waals surface area (Å²) in [6.07, 6.45) is 0. The van der Waals surface area contributed by atoms with E-state index in [1.807, 2.05) is 12.1 Å². The van der Waals surface area contributed by atoms with Crippen LogP contribution >= 0.6 is 0 Å². The lowest BCUT2D eigenvalue weighted by Gasteiger charge is -2.28. The first-order chi connectivity index (χ1) is 37.7. The summed E-state index contributed by atoms with van der Waals surface area (Å²) >= 11 is 0. The van der Waals surface area contributed by atoms with Gasteiger partial charge in [-0.2, -0.15) is 0 Å². The highest BCUT2D eigenvalue weighted by Crippen LogP contribution is 2.52. The fraction of sp³-hybridized carbons (Fsp3) is 0. The summed E-state index contributed by atoms with van der Waals surface area (Å²) in [5, 5.41) is 9.42. The third-order valence-electron chi connectivity index (χ3n) is 15.6. The maximum absolute atomic E-state index is 6.95. The van der Waals surface area contributed by atoms with Crippen molar-refractivity contribution in [3.63, 3.8) is 0 Å². The summed E-state index contributed by atoms with van der Waals surface area (Å²) in [5.41, 5.74) is 17.7. The van der Waals surface area contributed by atoms with E-state index in [1.165, 1.54) is 60.0 Å². The lowest BCUT2D eigenvalue weighted by molar-refractivity contribution is 0.487. The highest BCUT2D eigenvalue weighted by molar-refractivity contribution is 6.95. The van der Waals surface area contributed by atoms with Gasteiger partial charge in [0.05, 0.1) is 11.4 Å². The number of ether oxygens (including phenoxy) is 1. The molecule has 2 heterocycles. The summed E-state index contributed by atoms with van der Waals surface area (Å²) in [6, 6.07) is 101. The van der Waals surface area contributed by atoms with Gasteiger partial charge in [-0.1, -0.05) is 235 Å². The lowest BCUT2D eigenvalue weighted by Crippen LogP contribution is -2.51. The van der Waals surface area contributed by atoms with Crippen molar-refractivity contribution in [2.24, 2.45) is 0 Å². The molecule has 4 heteroatoms. The molecule has 13 aromatic carbocycles. The molecule has 0 aliphatic carbocycles. The zero-order valence-corrected chi connectivity index (χ0v) is 41.4. The predicted octanol–water partition coefficient (Wildman–Crippen LogP) is 17.8. The van der Waals surface area contributed by atoms with Gasteiger partial charge in [0.15, 0.2) is 5.58 Å². The topological polar surface area (TPSA) is 25.6 Å². The molecule has 0 unspecified atom stereocenters. The van der Waals surface area contributed by atoms with Gasteiger partial charge in [-0.3, -0.25) is 0 Å². The molecule has 0 radical (unpaired) electrons. The Balaban J connectivity index is 0.812. The van der Waals surface area contributed by atoms with Crippen molar-refractivity contribution in [1.29, 1.82) is 0 Å². The van der Waals surface area contributed by atoms with Gasteiger partial charge in [0.1, 0.15) is 17.1 Å². The molecule has 0 atom stereocenters. The summed E-state index contributed by atoms with van der Waals surface area (Å²) < 4.78 is 13.6. The molecular formula is C72H46BNO2. The molecule has 1 aliphatic heterocycles. The van der Waals surface area contributed by atoms with Gasteiger partial charge in [0.25, 0.3) is 0 Å². The standard InChI is InChI=1S/C72H46BNO2/c1-4-18-48(19-5-1)55-24-12-14-30-66(55)74(67-31-16-29-61-58-27-13-15-32-68(58)76-72(61)67)54-41-36-47(37-42-54)50-38-43-59-65-46-63-57-26-11-10-25-56(57)62(45-64(63)60-28-17-33-69(71(60)65)75-70(59)44-50)49-34-39-53(40-35-49)73(51-20-6-2-7-21-51)52-22-8-3-9-23-52/h1-46H. The van der Waals surface area contributed by atoms with E-state index in [2.05, 4.69) is 272 Å². The second-order valence-corrected chi connectivity index (χ2v) is 19.9. The van der Waals surface area contributed by atoms with Crippen LogP contribution in [0.15, 0.2) is 283 Å². The average molecular weight is 968 g/mol. The predicted molar refractivity (Wildman–Crippen MR) is 320 cm³/mol. The molecule has 0 fully saturated rings. The maximum atomic E-state index is 6.95. The van der Waals surface area contributed by atoms with Gasteiger partial charge in [-0.15, -0.1) is 0 Å². The van der Waals surface area contributed by atoms with Crippen LogP contribution < -0.4 is 26.0 Å². The normalized spacial score (nSPS) is 11.8. The number of furan rings is 1. The Morgan fingerprint density at radius 1 is 0.289 bits per heavy atom. The number of hydrogen-bond donors (Lipinski definition) is 0. The van der Waals surface area contributed by atoms with E-state index < -0.39 is 0 Å². The number of fused-ring (bicyclic) bond motifs is 9. The van der Waals surface area contributed by atoms with Gasteiger partial charge >= 0.3 is 0 Å². The molecule has 3 nitrogen and oxygen atoms in total. The van der Waals surface area contributed by atoms with Crippen LogP contribution in [-0.2, 0) is 0 Å². The van der Waals surface area contributed by atoms with Crippen LogP contribution in [0.25, 0.3) is 98.8 Å². The number of benzene rings is 13. The van der Waals surface area contributed by atoms with Crippen molar-refractivity contribution >= 4 is 94.4 Å². The highest BCUT2D eigenvalue weighted by Gasteiger charge is 2.26. The van der Waals surface area contributed by atoms with Crippen LogP contribution in [0.1, 0.15) is 0 Å². The van der Waals surface area contributed by atoms with Crippen molar-refractivity contribution in [3.8, 4) is 56.0 Å². The first-order valence-electron chi connectivity index (χ1n) is 26.1. The van der Waals surface area contributed by atoms with Crippen LogP contribution in [0.3, 0.4) is 0 Å². The van der Waals surface area contributed by atoms with E-state index in [1.54, 1.807) is 0 Å². The maximum Gasteiger partial charge on any atom is 0.241 e. The van der Waals surface area contributed by atoms with E-state index in [0.29, 0.717) is 0 Å². The Hall–Kier alpha value is -9.90. The molecule has 0 saturated carbocycles. The molecular weight excluding hydrogens is 922 g/mol. The van der Waals surface area contributed by atoms with Gasteiger partial charge in [-0.25, -0.2) is 0 Å². The van der Waals surface area contributed by atoms with Gasteiger partial charge in [0.2, 0.25) is 6.71 Å². The van der Waals surface area contributed by atoms with Gasteiger partial charge in [-0.05, 0) is 121 Å². The van der Waals surface area contributed by atoms with Crippen molar-refractivity contribution in [3.05, 3.63) is 279 Å². The first-order valence-corrected chi connectivity index (χ1v) is 26.1. The number of nitrogens with zero attached hydrogens (tertiary/aromatic N) is 1. The van der Waals surface area contributed by atoms with Crippen LogP contribution in [-0.4, -0.2) is 6.71 Å². The molecule has 14 aromatic rings. The third-order valence-corrected chi connectivity index (χ3v) is 15.6. The van der Waals surface area contributed by atoms with E-state index in [0.717, 1.165) is 83.7 Å². The molecule has 15 rings (SSSR count). The van der Waals surface area contributed by atoms with Crippen LogP contribution in [0.5, 0.6) is 11.5 Å². The Morgan fingerprint density at radius 3 is 1.62 bits per heavy atom. The minimum Gasteiger partial charge on any atom is -0.456 e. The van der Waals surface area contributed by atoms with Crippen molar-refractivity contribution < 1.29 is 9.15 Å². The third kappa shape index (κ3) is 7.21. The van der Waals surface area contributed by atoms with Crippen LogP contribution in [0, 0.1) is 0 Å². The Kier molecular flexibility index (Phi) is 10.3. The monoisotopic (exact) mass is 967 g/mol. The van der Waals surface area contributed by atoms with Crippen molar-refractivity contribution in [2.75, 3.05) is 4.90 Å². The molecule has 0 N–H and O–H groups in total. The largest absolute Gasteiger partial charge is 0.456 e. The minimum absolute atomic E-state index is 0.136. The molecule has 76 heavy (non-hydrogen) atoms. The summed E-state index contributed by atoms with van der Waals surface area (Å²) in [7, 11) is 0. The molecule has 0 spiro atoms. The molecule has 354 valence electrons. The van der Waals surface area contributed by atoms with Gasteiger partial charge in [0, 0.05) is 33.0 Å². The first kappa shape index (κ1) is 43.7. The van der Waals surface area contributed by atoms with Crippen molar-refractivity contribution in [1.82, 2.24) is 0 Å². The zero-order valence-electron chi connectivity index (χ0n) is 41.4. The van der Waals surface area contributed by atoms with Gasteiger partial charge < -0.3 is 14.1 Å². The zero-order chi connectivity index (χ0) is 50.1. The quantitative estimate of drug-likeness (QED) is 0.106. The number of para-hydroxylation sites is 3. The van der Waals surface area contributed by atoms with E-state index in [9.17, 15) is 0 Å². The Morgan fingerprint density at radius 2 is 0.842 bits per heavy atom. The minimum atomic E-state index is 0.136. The Labute approximate surface area is 441 Å². The molecule has 0 saturated heterocycles. The second kappa shape index (κ2) is 17.9. The fourth-order valence-electron chi connectivity index (χ4n) is 12.1. The van der Waals surface area contributed by atoms with Crippen molar-refractivity contribution in [2.45, 2.75) is 0 Å². The highest BCUT2D eigenvalue weighted by atomic mass is 16.5. The van der Waals surface area contributed by atoms with Crippen LogP contribution in [0.4, 0.5) is 17.1 Å². The fourth-order valence-corrected chi connectivity index (χ4v) is 12.1. The molecule has 1 aliphatic rings. The van der Waals surface area contributed by atoms with E-state index in [-0.39, 0.29) is 6.71 Å². The number of hydrogen-bond acceptors (Lipinski definition) is 3. The second-order valence-electron chi connectivity index (χ2n) is 19.9. The van der Waals surface area contributed by atoms with E-state index in [4.69, 9.17) is 9.15 Å². The SMILES string of the molecule is c1ccc(B(c2ccccc2)c2ccc(-c3cc4c5cccc6c5c(cc4c4ccccc34)-c3ccc(-c4ccc(N(c5ccccc5-c5ccccc5)c5cccc7c5oc5ccccc57)cc4)cc3O6)cc2)cc1.